The third-order valence-electron chi connectivity index (χ3n) is 2.49. The van der Waals surface area contributed by atoms with Crippen LogP contribution in [0.3, 0.4) is 0 Å². The lowest BCUT2D eigenvalue weighted by Gasteiger charge is -2.10. The van der Waals surface area contributed by atoms with Gasteiger partial charge in [0.1, 0.15) is 5.75 Å². The fourth-order valence-corrected chi connectivity index (χ4v) is 1.68. The van der Waals surface area contributed by atoms with Gasteiger partial charge in [0.05, 0.1) is 11.1 Å². The van der Waals surface area contributed by atoms with Crippen molar-refractivity contribution in [2.24, 2.45) is 0 Å². The van der Waals surface area contributed by atoms with E-state index >= 15 is 0 Å². The molecule has 2 aromatic carbocycles. The third kappa shape index (κ3) is 2.81. The van der Waals surface area contributed by atoms with Crippen molar-refractivity contribution in [2.45, 2.75) is 13.0 Å². The van der Waals surface area contributed by atoms with E-state index in [0.29, 0.717) is 16.3 Å². The summed E-state index contributed by atoms with van der Waals surface area (Å²) in [7, 11) is 0. The molecule has 0 aliphatic carbocycles. The molecule has 0 aliphatic heterocycles. The Morgan fingerprint density at radius 1 is 1.17 bits per heavy atom. The zero-order valence-corrected chi connectivity index (χ0v) is 10.5. The van der Waals surface area contributed by atoms with Gasteiger partial charge in [0.2, 0.25) is 0 Å². The molecule has 0 amide bonds. The van der Waals surface area contributed by atoms with Crippen LogP contribution in [-0.4, -0.2) is 5.11 Å². The van der Waals surface area contributed by atoms with Crippen LogP contribution >= 0.6 is 11.6 Å². The van der Waals surface area contributed by atoms with Crippen LogP contribution in [0.15, 0.2) is 42.5 Å². The minimum atomic E-state index is -0.714. The maximum atomic E-state index is 13.7. The Morgan fingerprint density at radius 3 is 2.50 bits per heavy atom. The Labute approximate surface area is 110 Å². The van der Waals surface area contributed by atoms with Gasteiger partial charge in [-0.25, -0.2) is 4.39 Å². The van der Waals surface area contributed by atoms with Crippen LogP contribution in [0.1, 0.15) is 18.6 Å². The molecule has 0 spiro atoms. The third-order valence-corrected chi connectivity index (χ3v) is 2.81. The number of para-hydroxylation sites is 1. The van der Waals surface area contributed by atoms with Gasteiger partial charge in [0.15, 0.2) is 11.6 Å². The molecule has 0 heterocycles. The van der Waals surface area contributed by atoms with Gasteiger partial charge in [0, 0.05) is 0 Å². The number of halogens is 2. The Kier molecular flexibility index (Phi) is 3.84. The number of hydrogen-bond acceptors (Lipinski definition) is 2. The summed E-state index contributed by atoms with van der Waals surface area (Å²) in [6.45, 7) is 1.57. The average molecular weight is 267 g/mol. The number of rotatable bonds is 3. The fraction of sp³-hybridized carbons (Fsp3) is 0.143. The van der Waals surface area contributed by atoms with E-state index in [0.717, 1.165) is 0 Å². The molecule has 0 unspecified atom stereocenters. The zero-order chi connectivity index (χ0) is 13.1. The van der Waals surface area contributed by atoms with Crippen LogP contribution in [0.4, 0.5) is 4.39 Å². The van der Waals surface area contributed by atoms with Gasteiger partial charge >= 0.3 is 0 Å². The van der Waals surface area contributed by atoms with E-state index in [-0.39, 0.29) is 5.75 Å². The second-order valence-corrected chi connectivity index (χ2v) is 4.31. The molecular weight excluding hydrogens is 255 g/mol. The van der Waals surface area contributed by atoms with Crippen molar-refractivity contribution in [3.8, 4) is 11.5 Å². The monoisotopic (exact) mass is 266 g/mol. The maximum Gasteiger partial charge on any atom is 0.166 e. The van der Waals surface area contributed by atoms with Crippen molar-refractivity contribution in [1.82, 2.24) is 0 Å². The normalized spacial score (nSPS) is 12.2. The van der Waals surface area contributed by atoms with Gasteiger partial charge in [-0.3, -0.25) is 0 Å². The van der Waals surface area contributed by atoms with Crippen LogP contribution < -0.4 is 4.74 Å². The molecule has 1 N–H and O–H groups in total. The summed E-state index contributed by atoms with van der Waals surface area (Å²) < 4.78 is 19.1. The van der Waals surface area contributed by atoms with Crippen LogP contribution in [0, 0.1) is 5.82 Å². The predicted octanol–water partition coefficient (Wildman–Crippen LogP) is 4.32. The number of hydrogen-bond donors (Lipinski definition) is 1. The number of ether oxygens (including phenoxy) is 1. The van der Waals surface area contributed by atoms with Crippen molar-refractivity contribution in [2.75, 3.05) is 0 Å². The lowest BCUT2D eigenvalue weighted by Crippen LogP contribution is -1.94. The molecule has 0 saturated carbocycles. The summed E-state index contributed by atoms with van der Waals surface area (Å²) in [5.74, 6) is -0.0660. The number of benzene rings is 2. The van der Waals surface area contributed by atoms with Crippen molar-refractivity contribution in [3.05, 3.63) is 58.9 Å². The first-order valence-corrected chi connectivity index (χ1v) is 5.85. The van der Waals surface area contributed by atoms with Crippen LogP contribution in [0.2, 0.25) is 5.02 Å². The smallest absolute Gasteiger partial charge is 0.166 e. The fourth-order valence-electron chi connectivity index (χ4n) is 1.51. The van der Waals surface area contributed by atoms with Crippen molar-refractivity contribution >= 4 is 11.6 Å². The molecule has 94 valence electrons. The topological polar surface area (TPSA) is 29.5 Å². The molecule has 0 aromatic heterocycles. The van der Waals surface area contributed by atoms with Crippen molar-refractivity contribution in [1.29, 1.82) is 0 Å². The first-order chi connectivity index (χ1) is 8.58. The molecule has 2 nitrogen and oxygen atoms in total. The standard InChI is InChI=1S/C14H12ClFO2/c1-9(17)10-6-7-14(12(16)8-10)18-13-5-3-2-4-11(13)15/h2-9,17H,1H3/t9-/m1/s1. The quantitative estimate of drug-likeness (QED) is 0.896. The predicted molar refractivity (Wildman–Crippen MR) is 68.6 cm³/mol. The summed E-state index contributed by atoms with van der Waals surface area (Å²) in [4.78, 5) is 0. The molecule has 2 rings (SSSR count). The summed E-state index contributed by atoms with van der Waals surface area (Å²) in [6, 6.07) is 11.2. The molecule has 0 bridgehead atoms. The molecule has 18 heavy (non-hydrogen) atoms. The Balaban J connectivity index is 2.28. The highest BCUT2D eigenvalue weighted by molar-refractivity contribution is 6.32. The maximum absolute atomic E-state index is 13.7. The highest BCUT2D eigenvalue weighted by atomic mass is 35.5. The highest BCUT2D eigenvalue weighted by Gasteiger charge is 2.10. The second-order valence-electron chi connectivity index (χ2n) is 3.90. The summed E-state index contributed by atoms with van der Waals surface area (Å²) in [5, 5.41) is 9.76. The molecule has 0 saturated heterocycles. The first kappa shape index (κ1) is 12.9. The highest BCUT2D eigenvalue weighted by Crippen LogP contribution is 2.31. The van der Waals surface area contributed by atoms with Gasteiger partial charge in [0.25, 0.3) is 0 Å². The van der Waals surface area contributed by atoms with Crippen LogP contribution in [0.5, 0.6) is 11.5 Å². The number of aliphatic hydroxyl groups excluding tert-OH is 1. The van der Waals surface area contributed by atoms with Gasteiger partial charge in [-0.2, -0.15) is 0 Å². The molecule has 0 aliphatic rings. The van der Waals surface area contributed by atoms with E-state index < -0.39 is 11.9 Å². The van der Waals surface area contributed by atoms with Gasteiger partial charge in [-0.15, -0.1) is 0 Å². The molecule has 1 atom stereocenters. The Hall–Kier alpha value is -1.58. The van der Waals surface area contributed by atoms with Gasteiger partial charge < -0.3 is 9.84 Å². The van der Waals surface area contributed by atoms with E-state index in [1.807, 2.05) is 0 Å². The summed E-state index contributed by atoms with van der Waals surface area (Å²) in [6.07, 6.45) is -0.714. The molecule has 2 aromatic rings. The SMILES string of the molecule is C[C@@H](O)c1ccc(Oc2ccccc2Cl)c(F)c1. The minimum absolute atomic E-state index is 0.0764. The average Bonchev–Trinajstić information content (AvgIpc) is 2.34. The van der Waals surface area contributed by atoms with Crippen LogP contribution in [-0.2, 0) is 0 Å². The zero-order valence-electron chi connectivity index (χ0n) is 9.73. The number of aliphatic hydroxyl groups is 1. The molecule has 4 heteroatoms. The van der Waals surface area contributed by atoms with Crippen molar-refractivity contribution in [3.63, 3.8) is 0 Å². The summed E-state index contributed by atoms with van der Waals surface area (Å²) >= 11 is 5.92. The molecule has 0 fully saturated rings. The Morgan fingerprint density at radius 2 is 1.89 bits per heavy atom. The van der Waals surface area contributed by atoms with Crippen molar-refractivity contribution < 1.29 is 14.2 Å². The molecular formula is C14H12ClFO2. The second kappa shape index (κ2) is 5.38. The van der Waals surface area contributed by atoms with Gasteiger partial charge in [-0.1, -0.05) is 29.8 Å². The van der Waals surface area contributed by atoms with Gasteiger partial charge in [-0.05, 0) is 36.8 Å². The van der Waals surface area contributed by atoms with E-state index in [2.05, 4.69) is 0 Å². The lowest BCUT2D eigenvalue weighted by atomic mass is 10.1. The largest absolute Gasteiger partial charge is 0.453 e. The minimum Gasteiger partial charge on any atom is -0.453 e. The summed E-state index contributed by atoms with van der Waals surface area (Å²) in [5.41, 5.74) is 0.499. The van der Waals surface area contributed by atoms with E-state index in [1.165, 1.54) is 12.1 Å². The lowest BCUT2D eigenvalue weighted by molar-refractivity contribution is 0.198. The van der Waals surface area contributed by atoms with E-state index in [9.17, 15) is 9.50 Å². The molecule has 0 radical (unpaired) electrons. The van der Waals surface area contributed by atoms with Crippen LogP contribution in [0.25, 0.3) is 0 Å². The Bertz CT molecular complexity index is 555. The van der Waals surface area contributed by atoms with E-state index in [4.69, 9.17) is 16.3 Å². The first-order valence-electron chi connectivity index (χ1n) is 5.48. The van der Waals surface area contributed by atoms with E-state index in [1.54, 1.807) is 37.3 Å².